The van der Waals surface area contributed by atoms with E-state index < -0.39 is 16.2 Å². The van der Waals surface area contributed by atoms with Crippen LogP contribution >= 0.6 is 0 Å². The Balaban J connectivity index is 2.42. The number of imidazole rings is 1. The number of hydrogen-bond donors (Lipinski definition) is 0. The Morgan fingerprint density at radius 1 is 1.52 bits per heavy atom. The van der Waals surface area contributed by atoms with Gasteiger partial charge in [0.2, 0.25) is 6.08 Å². The van der Waals surface area contributed by atoms with E-state index in [1.807, 2.05) is 13.8 Å². The molecule has 0 aliphatic carbocycles. The third-order valence-corrected chi connectivity index (χ3v) is 5.64. The standard InChI is InChI=1S/C13H20N4O3S/c1-4-16-8-12(15-11(16)3)21(19,20)17-7-5-6-10(2)13(17)14-9-18/h8,10,13H,4-7H2,1-3H3. The van der Waals surface area contributed by atoms with E-state index in [0.717, 1.165) is 12.8 Å². The molecule has 0 saturated carbocycles. The molecule has 0 spiro atoms. The first-order valence-electron chi connectivity index (χ1n) is 7.04. The average Bonchev–Trinajstić information content (AvgIpc) is 2.83. The summed E-state index contributed by atoms with van der Waals surface area (Å²) in [6, 6.07) is 0. The van der Waals surface area contributed by atoms with Gasteiger partial charge in [-0.05, 0) is 32.6 Å². The Labute approximate surface area is 124 Å². The number of piperidine rings is 1. The zero-order valence-electron chi connectivity index (χ0n) is 12.5. The zero-order chi connectivity index (χ0) is 15.6. The highest BCUT2D eigenvalue weighted by Gasteiger charge is 2.38. The number of aliphatic imine (C=N–C) groups is 1. The van der Waals surface area contributed by atoms with Gasteiger partial charge < -0.3 is 4.57 Å². The summed E-state index contributed by atoms with van der Waals surface area (Å²) < 4.78 is 28.6. The van der Waals surface area contributed by atoms with Gasteiger partial charge in [0.15, 0.2) is 5.03 Å². The molecule has 2 heterocycles. The molecule has 2 rings (SSSR count). The Bertz CT molecular complexity index is 661. The van der Waals surface area contributed by atoms with E-state index in [1.165, 1.54) is 16.6 Å². The average molecular weight is 312 g/mol. The van der Waals surface area contributed by atoms with Crippen molar-refractivity contribution < 1.29 is 13.2 Å². The van der Waals surface area contributed by atoms with Crippen molar-refractivity contribution in [1.82, 2.24) is 13.9 Å². The molecule has 7 nitrogen and oxygen atoms in total. The third kappa shape index (κ3) is 2.92. The van der Waals surface area contributed by atoms with Crippen molar-refractivity contribution >= 4 is 16.1 Å². The predicted molar refractivity (Wildman–Crippen MR) is 76.8 cm³/mol. The van der Waals surface area contributed by atoms with Gasteiger partial charge in [-0.15, -0.1) is 0 Å². The Kier molecular flexibility index (Phi) is 4.61. The number of isocyanates is 1. The molecule has 0 N–H and O–H groups in total. The van der Waals surface area contributed by atoms with E-state index in [0.29, 0.717) is 18.9 Å². The summed E-state index contributed by atoms with van der Waals surface area (Å²) >= 11 is 0. The first kappa shape index (κ1) is 15.9. The fourth-order valence-corrected chi connectivity index (χ4v) is 4.34. The molecular formula is C13H20N4O3S. The maximum absolute atomic E-state index is 12.8. The number of rotatable bonds is 4. The van der Waals surface area contributed by atoms with Crippen LogP contribution in [0.15, 0.2) is 16.2 Å². The quantitative estimate of drug-likeness (QED) is 0.619. The van der Waals surface area contributed by atoms with Gasteiger partial charge in [-0.3, -0.25) is 0 Å². The molecule has 116 valence electrons. The molecule has 21 heavy (non-hydrogen) atoms. The summed E-state index contributed by atoms with van der Waals surface area (Å²) in [6.07, 6.45) is 3.93. The molecule has 0 bridgehead atoms. The van der Waals surface area contributed by atoms with Gasteiger partial charge in [0, 0.05) is 19.3 Å². The maximum Gasteiger partial charge on any atom is 0.263 e. The van der Waals surface area contributed by atoms with Gasteiger partial charge in [0.1, 0.15) is 12.0 Å². The first-order chi connectivity index (χ1) is 9.91. The second kappa shape index (κ2) is 6.09. The van der Waals surface area contributed by atoms with E-state index >= 15 is 0 Å². The van der Waals surface area contributed by atoms with Crippen LogP contribution in [0.3, 0.4) is 0 Å². The molecule has 1 fully saturated rings. The monoisotopic (exact) mass is 312 g/mol. The Hall–Kier alpha value is -1.50. The molecule has 1 saturated heterocycles. The van der Waals surface area contributed by atoms with E-state index in [9.17, 15) is 13.2 Å². The summed E-state index contributed by atoms with van der Waals surface area (Å²) in [5.74, 6) is 0.640. The van der Waals surface area contributed by atoms with Crippen LogP contribution in [0.25, 0.3) is 0 Å². The van der Waals surface area contributed by atoms with Gasteiger partial charge in [-0.1, -0.05) is 6.92 Å². The van der Waals surface area contributed by atoms with Crippen LogP contribution in [0.2, 0.25) is 0 Å². The van der Waals surface area contributed by atoms with Gasteiger partial charge in [-0.25, -0.2) is 18.2 Å². The highest BCUT2D eigenvalue weighted by molar-refractivity contribution is 7.89. The van der Waals surface area contributed by atoms with Crippen LogP contribution in [-0.4, -0.2) is 41.1 Å². The van der Waals surface area contributed by atoms with Crippen LogP contribution < -0.4 is 0 Å². The minimum atomic E-state index is -3.75. The molecule has 8 heteroatoms. The highest BCUT2D eigenvalue weighted by Crippen LogP contribution is 2.29. The molecule has 1 aliphatic rings. The van der Waals surface area contributed by atoms with Gasteiger partial charge in [0.05, 0.1) is 0 Å². The fourth-order valence-electron chi connectivity index (χ4n) is 2.69. The third-order valence-electron chi connectivity index (χ3n) is 3.89. The number of nitrogens with zero attached hydrogens (tertiary/aromatic N) is 4. The van der Waals surface area contributed by atoms with Crippen molar-refractivity contribution in [1.29, 1.82) is 0 Å². The number of hydrogen-bond acceptors (Lipinski definition) is 5. The summed E-state index contributed by atoms with van der Waals surface area (Å²) in [7, 11) is -3.75. The number of aromatic nitrogens is 2. The molecule has 2 unspecified atom stereocenters. The smallest absolute Gasteiger partial charge is 0.263 e. The molecule has 1 aliphatic heterocycles. The topological polar surface area (TPSA) is 84.6 Å². The summed E-state index contributed by atoms with van der Waals surface area (Å²) in [5.41, 5.74) is 0. The van der Waals surface area contributed by atoms with Gasteiger partial charge in [0.25, 0.3) is 10.0 Å². The molecule has 0 radical (unpaired) electrons. The van der Waals surface area contributed by atoms with E-state index in [-0.39, 0.29) is 10.9 Å². The number of carbonyl (C=O) groups excluding carboxylic acids is 1. The normalized spacial score (nSPS) is 23.8. The maximum atomic E-state index is 12.8. The van der Waals surface area contributed by atoms with Crippen LogP contribution in [0.1, 0.15) is 32.5 Å². The van der Waals surface area contributed by atoms with Crippen molar-refractivity contribution in [2.75, 3.05) is 6.54 Å². The van der Waals surface area contributed by atoms with Crippen LogP contribution in [0.5, 0.6) is 0 Å². The SMILES string of the molecule is CCn1cc(S(=O)(=O)N2CCCC(C)C2N=C=O)nc1C. The van der Waals surface area contributed by atoms with Gasteiger partial charge in [-0.2, -0.15) is 9.30 Å². The molecule has 1 aromatic rings. The second-order valence-electron chi connectivity index (χ2n) is 5.28. The number of aryl methyl sites for hydroxylation is 2. The molecular weight excluding hydrogens is 292 g/mol. The highest BCUT2D eigenvalue weighted by atomic mass is 32.2. The molecule has 1 aromatic heterocycles. The summed E-state index contributed by atoms with van der Waals surface area (Å²) in [5, 5.41) is 0.0158. The lowest BCUT2D eigenvalue weighted by Gasteiger charge is -2.34. The van der Waals surface area contributed by atoms with E-state index in [4.69, 9.17) is 0 Å². The lowest BCUT2D eigenvalue weighted by molar-refractivity contribution is 0.193. The van der Waals surface area contributed by atoms with E-state index in [1.54, 1.807) is 11.5 Å². The fraction of sp³-hybridized carbons (Fsp3) is 0.692. The van der Waals surface area contributed by atoms with Crippen LogP contribution in [-0.2, 0) is 21.4 Å². The largest absolute Gasteiger partial charge is 0.334 e. The lowest BCUT2D eigenvalue weighted by atomic mass is 9.98. The summed E-state index contributed by atoms with van der Waals surface area (Å²) in [4.78, 5) is 18.4. The Morgan fingerprint density at radius 3 is 2.81 bits per heavy atom. The van der Waals surface area contributed by atoms with Crippen molar-refractivity contribution in [3.05, 3.63) is 12.0 Å². The first-order valence-corrected chi connectivity index (χ1v) is 8.48. The second-order valence-corrected chi connectivity index (χ2v) is 7.12. The predicted octanol–water partition coefficient (Wildman–Crippen LogP) is 1.29. The summed E-state index contributed by atoms with van der Waals surface area (Å²) in [6.45, 7) is 6.58. The van der Waals surface area contributed by atoms with Crippen LogP contribution in [0.4, 0.5) is 0 Å². The van der Waals surface area contributed by atoms with Crippen molar-refractivity contribution in [3.8, 4) is 0 Å². The zero-order valence-corrected chi connectivity index (χ0v) is 13.3. The lowest BCUT2D eigenvalue weighted by Crippen LogP contribution is -2.46. The van der Waals surface area contributed by atoms with Crippen LogP contribution in [0, 0.1) is 12.8 Å². The van der Waals surface area contributed by atoms with Crippen molar-refractivity contribution in [2.24, 2.45) is 10.9 Å². The molecule has 0 amide bonds. The minimum Gasteiger partial charge on any atom is -0.334 e. The molecule has 2 atom stereocenters. The molecule has 0 aromatic carbocycles. The van der Waals surface area contributed by atoms with Gasteiger partial charge >= 0.3 is 0 Å². The Morgan fingerprint density at radius 2 is 2.24 bits per heavy atom. The van der Waals surface area contributed by atoms with Crippen molar-refractivity contribution in [2.45, 2.75) is 51.3 Å². The van der Waals surface area contributed by atoms with Crippen molar-refractivity contribution in [3.63, 3.8) is 0 Å². The number of sulfonamides is 1. The minimum absolute atomic E-state index is 0.00988. The van der Waals surface area contributed by atoms with E-state index in [2.05, 4.69) is 9.98 Å².